The van der Waals surface area contributed by atoms with Crippen LogP contribution in [0.25, 0.3) is 0 Å². The van der Waals surface area contributed by atoms with Crippen LogP contribution in [-0.2, 0) is 4.79 Å². The van der Waals surface area contributed by atoms with Crippen molar-refractivity contribution in [3.05, 3.63) is 24.0 Å². The molecule has 0 aromatic heterocycles. The molecule has 0 fully saturated rings. The third-order valence-corrected chi connectivity index (χ3v) is 2.30. The highest BCUT2D eigenvalue weighted by atomic mass is 19.1. The van der Waals surface area contributed by atoms with E-state index in [0.29, 0.717) is 18.0 Å². The highest BCUT2D eigenvalue weighted by Crippen LogP contribution is 2.25. The predicted molar refractivity (Wildman–Crippen MR) is 64.4 cm³/mol. The first-order chi connectivity index (χ1) is 8.08. The van der Waals surface area contributed by atoms with Crippen LogP contribution in [0, 0.1) is 11.7 Å². The molecule has 4 nitrogen and oxygen atoms in total. The van der Waals surface area contributed by atoms with Crippen LogP contribution in [0.5, 0.6) is 5.75 Å². The highest BCUT2D eigenvalue weighted by molar-refractivity contribution is 5.93. The summed E-state index contributed by atoms with van der Waals surface area (Å²) in [5.41, 5.74) is 5.85. The van der Waals surface area contributed by atoms with Gasteiger partial charge in [0.1, 0.15) is 11.6 Å². The maximum absolute atomic E-state index is 13.0. The molecule has 1 amide bonds. The van der Waals surface area contributed by atoms with Crippen molar-refractivity contribution in [3.63, 3.8) is 0 Å². The van der Waals surface area contributed by atoms with E-state index in [1.165, 1.54) is 18.2 Å². The smallest absolute Gasteiger partial charge is 0.228 e. The number of halogens is 1. The Balaban J connectivity index is 2.86. The average molecular weight is 240 g/mol. The zero-order valence-corrected chi connectivity index (χ0v) is 10.00. The third-order valence-electron chi connectivity index (χ3n) is 2.30. The Kier molecular flexibility index (Phi) is 4.90. The van der Waals surface area contributed by atoms with Gasteiger partial charge in [0.2, 0.25) is 5.91 Å². The number of carbonyl (C=O) groups is 1. The molecule has 94 valence electrons. The van der Waals surface area contributed by atoms with E-state index < -0.39 is 5.82 Å². The lowest BCUT2D eigenvalue weighted by Gasteiger charge is -2.13. The van der Waals surface area contributed by atoms with Crippen LogP contribution in [0.1, 0.15) is 13.8 Å². The SMILES string of the molecule is CCOc1cc(F)ccc1NC(=O)C(C)CN. The second-order valence-electron chi connectivity index (χ2n) is 3.70. The Morgan fingerprint density at radius 3 is 2.88 bits per heavy atom. The molecule has 0 aliphatic carbocycles. The van der Waals surface area contributed by atoms with Crippen LogP contribution in [-0.4, -0.2) is 19.1 Å². The first-order valence-corrected chi connectivity index (χ1v) is 5.51. The summed E-state index contributed by atoms with van der Waals surface area (Å²) in [6, 6.07) is 3.99. The summed E-state index contributed by atoms with van der Waals surface area (Å²) < 4.78 is 18.3. The van der Waals surface area contributed by atoms with Crippen molar-refractivity contribution in [2.75, 3.05) is 18.5 Å². The van der Waals surface area contributed by atoms with Crippen molar-refractivity contribution in [3.8, 4) is 5.75 Å². The summed E-state index contributed by atoms with van der Waals surface area (Å²) in [6.45, 7) is 4.17. The van der Waals surface area contributed by atoms with Crippen LogP contribution in [0.4, 0.5) is 10.1 Å². The number of ether oxygens (including phenoxy) is 1. The first-order valence-electron chi connectivity index (χ1n) is 5.51. The fraction of sp³-hybridized carbons (Fsp3) is 0.417. The number of hydrogen-bond acceptors (Lipinski definition) is 3. The van der Waals surface area contributed by atoms with Crippen molar-refractivity contribution in [1.29, 1.82) is 0 Å². The number of rotatable bonds is 5. The van der Waals surface area contributed by atoms with E-state index in [-0.39, 0.29) is 18.4 Å². The Morgan fingerprint density at radius 2 is 2.29 bits per heavy atom. The number of hydrogen-bond donors (Lipinski definition) is 2. The molecule has 3 N–H and O–H groups in total. The lowest BCUT2D eigenvalue weighted by atomic mass is 10.1. The van der Waals surface area contributed by atoms with Gasteiger partial charge in [-0.05, 0) is 19.1 Å². The zero-order chi connectivity index (χ0) is 12.8. The van der Waals surface area contributed by atoms with Crippen molar-refractivity contribution in [2.45, 2.75) is 13.8 Å². The molecule has 1 atom stereocenters. The van der Waals surface area contributed by atoms with Gasteiger partial charge in [0, 0.05) is 18.5 Å². The largest absolute Gasteiger partial charge is 0.492 e. The monoisotopic (exact) mass is 240 g/mol. The van der Waals surface area contributed by atoms with Gasteiger partial charge >= 0.3 is 0 Å². The van der Waals surface area contributed by atoms with Crippen LogP contribution in [0.2, 0.25) is 0 Å². The minimum absolute atomic E-state index is 0.208. The Labute approximate surface area is 100.0 Å². The summed E-state index contributed by atoms with van der Waals surface area (Å²) in [5.74, 6) is -0.585. The molecule has 5 heteroatoms. The number of amides is 1. The number of benzene rings is 1. The highest BCUT2D eigenvalue weighted by Gasteiger charge is 2.13. The Bertz CT molecular complexity index is 396. The van der Waals surface area contributed by atoms with Crippen molar-refractivity contribution < 1.29 is 13.9 Å². The normalized spacial score (nSPS) is 12.0. The number of nitrogens with one attached hydrogen (secondary N) is 1. The van der Waals surface area contributed by atoms with Gasteiger partial charge in [0.05, 0.1) is 12.3 Å². The third kappa shape index (κ3) is 3.71. The molecule has 17 heavy (non-hydrogen) atoms. The summed E-state index contributed by atoms with van der Waals surface area (Å²) in [7, 11) is 0. The maximum Gasteiger partial charge on any atom is 0.228 e. The van der Waals surface area contributed by atoms with Crippen LogP contribution < -0.4 is 15.8 Å². The van der Waals surface area contributed by atoms with E-state index in [2.05, 4.69) is 5.32 Å². The first kappa shape index (κ1) is 13.4. The van der Waals surface area contributed by atoms with Gasteiger partial charge in [-0.2, -0.15) is 0 Å². The van der Waals surface area contributed by atoms with E-state index >= 15 is 0 Å². The lowest BCUT2D eigenvalue weighted by Crippen LogP contribution is -2.26. The Morgan fingerprint density at radius 1 is 1.59 bits per heavy atom. The van der Waals surface area contributed by atoms with Gasteiger partial charge in [-0.15, -0.1) is 0 Å². The molecule has 0 bridgehead atoms. The topological polar surface area (TPSA) is 64.3 Å². The summed E-state index contributed by atoms with van der Waals surface area (Å²) >= 11 is 0. The van der Waals surface area contributed by atoms with Gasteiger partial charge in [-0.25, -0.2) is 4.39 Å². The molecule has 0 radical (unpaired) electrons. The van der Waals surface area contributed by atoms with Crippen molar-refractivity contribution in [2.24, 2.45) is 11.7 Å². The van der Waals surface area contributed by atoms with Gasteiger partial charge in [-0.3, -0.25) is 4.79 Å². The van der Waals surface area contributed by atoms with E-state index in [9.17, 15) is 9.18 Å². The summed E-state index contributed by atoms with van der Waals surface area (Å²) in [6.07, 6.45) is 0. The second-order valence-corrected chi connectivity index (χ2v) is 3.70. The minimum Gasteiger partial charge on any atom is -0.492 e. The molecule has 0 aliphatic rings. The fourth-order valence-electron chi connectivity index (χ4n) is 1.24. The molecule has 0 saturated heterocycles. The molecular formula is C12H17FN2O2. The van der Waals surface area contributed by atoms with Crippen molar-refractivity contribution >= 4 is 11.6 Å². The molecule has 1 unspecified atom stereocenters. The lowest BCUT2D eigenvalue weighted by molar-refractivity contribution is -0.119. The van der Waals surface area contributed by atoms with Crippen LogP contribution in [0.3, 0.4) is 0 Å². The van der Waals surface area contributed by atoms with Gasteiger partial charge in [0.15, 0.2) is 0 Å². The average Bonchev–Trinajstić information content (AvgIpc) is 2.31. The molecule has 0 aliphatic heterocycles. The van der Waals surface area contributed by atoms with E-state index in [1.54, 1.807) is 13.8 Å². The predicted octanol–water partition coefficient (Wildman–Crippen LogP) is 1.76. The number of anilines is 1. The Hall–Kier alpha value is -1.62. The van der Waals surface area contributed by atoms with Crippen molar-refractivity contribution in [1.82, 2.24) is 0 Å². The second kappa shape index (κ2) is 6.20. The van der Waals surface area contributed by atoms with E-state index in [4.69, 9.17) is 10.5 Å². The molecular weight excluding hydrogens is 223 g/mol. The molecule has 1 rings (SSSR count). The van der Waals surface area contributed by atoms with E-state index in [1.807, 2.05) is 0 Å². The number of carbonyl (C=O) groups excluding carboxylic acids is 1. The van der Waals surface area contributed by atoms with Crippen LogP contribution in [0.15, 0.2) is 18.2 Å². The molecule has 0 spiro atoms. The number of nitrogens with two attached hydrogens (primary N) is 1. The molecule has 0 heterocycles. The standard InChI is InChI=1S/C12H17FN2O2/c1-3-17-11-6-9(13)4-5-10(11)15-12(16)8(2)7-14/h4-6,8H,3,7,14H2,1-2H3,(H,15,16). The summed E-state index contributed by atoms with van der Waals surface area (Å²) in [5, 5.41) is 2.66. The van der Waals surface area contributed by atoms with Gasteiger partial charge in [0.25, 0.3) is 0 Å². The van der Waals surface area contributed by atoms with E-state index in [0.717, 1.165) is 0 Å². The maximum atomic E-state index is 13.0. The summed E-state index contributed by atoms with van der Waals surface area (Å²) in [4.78, 5) is 11.6. The van der Waals surface area contributed by atoms with Gasteiger partial charge < -0.3 is 15.8 Å². The minimum atomic E-state index is -0.404. The molecule has 1 aromatic carbocycles. The van der Waals surface area contributed by atoms with Crippen LogP contribution >= 0.6 is 0 Å². The van der Waals surface area contributed by atoms with Gasteiger partial charge in [-0.1, -0.05) is 6.92 Å². The quantitative estimate of drug-likeness (QED) is 0.824. The fourth-order valence-corrected chi connectivity index (χ4v) is 1.24. The molecule has 0 saturated carbocycles. The molecule has 1 aromatic rings. The zero-order valence-electron chi connectivity index (χ0n) is 10.00.